The van der Waals surface area contributed by atoms with Gasteiger partial charge in [-0.05, 0) is 80.4 Å². The minimum Gasteiger partial charge on any atom is -0.491 e. The highest BCUT2D eigenvalue weighted by Gasteiger charge is 2.48. The quantitative estimate of drug-likeness (QED) is 0.574. The summed E-state index contributed by atoms with van der Waals surface area (Å²) < 4.78 is 32.6. The van der Waals surface area contributed by atoms with Gasteiger partial charge in [-0.25, -0.2) is 13.8 Å². The maximum absolute atomic E-state index is 13.3. The Bertz CT molecular complexity index is 1240. The zero-order valence-electron chi connectivity index (χ0n) is 21.2. The van der Waals surface area contributed by atoms with E-state index in [1.54, 1.807) is 17.2 Å². The topological polar surface area (TPSA) is 95.0 Å². The van der Waals surface area contributed by atoms with Gasteiger partial charge in [-0.15, -0.1) is 0 Å². The number of piperidine rings is 1. The number of benzene rings is 1. The first-order valence-corrected chi connectivity index (χ1v) is 13.4. The van der Waals surface area contributed by atoms with E-state index in [0.717, 1.165) is 18.4 Å². The predicted octanol–water partition coefficient (Wildman–Crippen LogP) is 3.43. The lowest BCUT2D eigenvalue weighted by molar-refractivity contribution is -0.122. The Morgan fingerprint density at radius 3 is 2.68 bits per heavy atom. The van der Waals surface area contributed by atoms with Gasteiger partial charge < -0.3 is 15.2 Å². The van der Waals surface area contributed by atoms with Gasteiger partial charge in [0.25, 0.3) is 6.43 Å². The second kappa shape index (κ2) is 9.89. The third kappa shape index (κ3) is 4.33. The molecule has 3 aliphatic heterocycles. The average molecular weight is 527 g/mol. The van der Waals surface area contributed by atoms with Crippen LogP contribution >= 0.6 is 0 Å². The molecule has 0 bridgehead atoms. The highest BCUT2D eigenvalue weighted by Crippen LogP contribution is 2.46. The zero-order valence-corrected chi connectivity index (χ0v) is 21.2. The van der Waals surface area contributed by atoms with E-state index in [9.17, 15) is 23.5 Å². The van der Waals surface area contributed by atoms with Crippen molar-refractivity contribution in [2.45, 2.75) is 56.4 Å². The second-order valence-electron chi connectivity index (χ2n) is 10.9. The van der Waals surface area contributed by atoms with Crippen molar-refractivity contribution >= 4 is 23.3 Å². The van der Waals surface area contributed by atoms with Crippen LogP contribution < -0.4 is 15.0 Å². The van der Waals surface area contributed by atoms with Gasteiger partial charge in [0.15, 0.2) is 0 Å². The van der Waals surface area contributed by atoms with Crippen molar-refractivity contribution in [1.82, 2.24) is 9.88 Å². The van der Waals surface area contributed by atoms with Gasteiger partial charge in [0.2, 0.25) is 11.8 Å². The van der Waals surface area contributed by atoms with Crippen LogP contribution in [0.3, 0.4) is 0 Å². The number of hydrogen-bond donors (Lipinski definition) is 2. The number of halogens is 2. The summed E-state index contributed by atoms with van der Waals surface area (Å²) in [6, 6.07) is 6.53. The molecule has 6 rings (SSSR count). The summed E-state index contributed by atoms with van der Waals surface area (Å²) in [5.41, 5.74) is 1.53. The molecule has 2 fully saturated rings. The van der Waals surface area contributed by atoms with Crippen LogP contribution in [0.4, 0.5) is 20.3 Å². The van der Waals surface area contributed by atoms with Crippen LogP contribution in [-0.4, -0.2) is 65.7 Å². The van der Waals surface area contributed by atoms with E-state index in [-0.39, 0.29) is 35.9 Å². The summed E-state index contributed by atoms with van der Waals surface area (Å²) in [6.07, 6.45) is 2.93. The van der Waals surface area contributed by atoms with Gasteiger partial charge in [-0.2, -0.15) is 0 Å². The fourth-order valence-electron chi connectivity index (χ4n) is 6.39. The van der Waals surface area contributed by atoms with E-state index in [1.807, 2.05) is 6.07 Å². The number of nitrogens with zero attached hydrogens (tertiary/aromatic N) is 3. The minimum atomic E-state index is -2.57. The minimum absolute atomic E-state index is 0.0522. The van der Waals surface area contributed by atoms with Crippen molar-refractivity contribution in [2.75, 3.05) is 43.1 Å². The smallest absolute Gasteiger partial charge is 0.263 e. The van der Waals surface area contributed by atoms with Crippen molar-refractivity contribution < 1.29 is 28.2 Å². The molecule has 1 saturated heterocycles. The molecule has 2 N–H and O–H groups in total. The first-order valence-electron chi connectivity index (χ1n) is 13.4. The summed E-state index contributed by atoms with van der Waals surface area (Å²) in [6.45, 7) is 2.63. The van der Waals surface area contributed by atoms with Crippen LogP contribution in [0, 0.1) is 5.92 Å². The standard InChI is InChI=1S/C28H32F2N4O4/c29-25(30)18-1-3-23-22(14-18)28(27(37)32-23)5-7-33(8-6-28)9-10-38-21-13-19-2-4-24(36)34(26(19)31-15-21)20-11-17(12-20)16-35/h1,3,13-15,17,20,25,35H,2,4-12,16H2,(H,32,37)/t17-,20+. The molecule has 0 unspecified atom stereocenters. The Morgan fingerprint density at radius 2 is 1.95 bits per heavy atom. The number of rotatable bonds is 7. The number of fused-ring (bicyclic) bond motifs is 3. The number of nitrogens with one attached hydrogen (secondary N) is 1. The molecule has 38 heavy (non-hydrogen) atoms. The highest BCUT2D eigenvalue weighted by atomic mass is 19.3. The largest absolute Gasteiger partial charge is 0.491 e. The molecule has 2 amide bonds. The zero-order chi connectivity index (χ0) is 26.4. The number of aliphatic hydroxyl groups excluding tert-OH is 1. The first kappa shape index (κ1) is 25.2. The normalized spacial score (nSPS) is 24.3. The third-order valence-electron chi connectivity index (χ3n) is 8.74. The molecule has 1 aromatic carbocycles. The number of alkyl halides is 2. The number of carbonyl (C=O) groups is 2. The number of pyridine rings is 1. The Hall–Kier alpha value is -3.11. The SMILES string of the molecule is O=C1CCc2cc(OCCN3CCC4(CC3)C(=O)Nc3ccc(C(F)F)cc34)cnc2N1[C@H]1C[C@@H](CO)C1. The number of aromatic nitrogens is 1. The fraction of sp³-hybridized carbons (Fsp3) is 0.536. The average Bonchev–Trinajstić information content (AvgIpc) is 3.16. The van der Waals surface area contributed by atoms with E-state index in [1.165, 1.54) is 12.1 Å². The highest BCUT2D eigenvalue weighted by molar-refractivity contribution is 6.06. The van der Waals surface area contributed by atoms with E-state index >= 15 is 0 Å². The molecule has 1 aromatic heterocycles. The van der Waals surface area contributed by atoms with Crippen LogP contribution in [0.5, 0.6) is 5.75 Å². The summed E-state index contributed by atoms with van der Waals surface area (Å²) in [5.74, 6) is 1.62. The van der Waals surface area contributed by atoms with Gasteiger partial charge in [0.05, 0.1) is 11.6 Å². The lowest BCUT2D eigenvalue weighted by Crippen LogP contribution is -2.51. The van der Waals surface area contributed by atoms with Crippen molar-refractivity contribution in [1.29, 1.82) is 0 Å². The number of likely N-dealkylation sites (tertiary alicyclic amines) is 1. The number of aliphatic hydroxyl groups is 1. The molecular weight excluding hydrogens is 494 g/mol. The van der Waals surface area contributed by atoms with Crippen LogP contribution in [0.2, 0.25) is 0 Å². The van der Waals surface area contributed by atoms with Crippen LogP contribution in [0.1, 0.15) is 55.2 Å². The Morgan fingerprint density at radius 1 is 1.16 bits per heavy atom. The number of anilines is 2. The van der Waals surface area contributed by atoms with Gasteiger partial charge in [0, 0.05) is 36.9 Å². The molecule has 8 nitrogen and oxygen atoms in total. The predicted molar refractivity (Wildman–Crippen MR) is 137 cm³/mol. The summed E-state index contributed by atoms with van der Waals surface area (Å²) in [5, 5.41) is 12.2. The van der Waals surface area contributed by atoms with E-state index in [4.69, 9.17) is 4.74 Å². The number of hydrogen-bond acceptors (Lipinski definition) is 6. The van der Waals surface area contributed by atoms with Crippen LogP contribution in [0.25, 0.3) is 0 Å². The summed E-state index contributed by atoms with van der Waals surface area (Å²) in [7, 11) is 0. The molecule has 1 aliphatic carbocycles. The van der Waals surface area contributed by atoms with Crippen molar-refractivity contribution in [2.24, 2.45) is 5.92 Å². The van der Waals surface area contributed by atoms with Crippen LogP contribution in [0.15, 0.2) is 30.5 Å². The fourth-order valence-corrected chi connectivity index (χ4v) is 6.39. The van der Waals surface area contributed by atoms with Crippen molar-refractivity contribution in [3.63, 3.8) is 0 Å². The first-order chi connectivity index (χ1) is 18.4. The van der Waals surface area contributed by atoms with Gasteiger partial charge in [-0.1, -0.05) is 6.07 Å². The maximum atomic E-state index is 13.3. The summed E-state index contributed by atoms with van der Waals surface area (Å²) >= 11 is 0. The molecule has 2 aromatic rings. The lowest BCUT2D eigenvalue weighted by atomic mass is 9.73. The molecule has 10 heteroatoms. The number of aryl methyl sites for hydroxylation is 1. The molecule has 0 radical (unpaired) electrons. The van der Waals surface area contributed by atoms with E-state index in [2.05, 4.69) is 15.2 Å². The third-order valence-corrected chi connectivity index (χ3v) is 8.74. The van der Waals surface area contributed by atoms with E-state index in [0.29, 0.717) is 74.7 Å². The second-order valence-corrected chi connectivity index (χ2v) is 10.9. The van der Waals surface area contributed by atoms with Gasteiger partial charge >= 0.3 is 0 Å². The Balaban J connectivity index is 1.05. The summed E-state index contributed by atoms with van der Waals surface area (Å²) in [4.78, 5) is 34.1. The maximum Gasteiger partial charge on any atom is 0.263 e. The van der Waals surface area contributed by atoms with Gasteiger partial charge in [0.1, 0.15) is 18.2 Å². The Labute approximate surface area is 220 Å². The van der Waals surface area contributed by atoms with E-state index < -0.39 is 11.8 Å². The molecule has 1 saturated carbocycles. The lowest BCUT2D eigenvalue weighted by Gasteiger charge is -2.43. The molecule has 1 spiro atoms. The molecule has 4 heterocycles. The van der Waals surface area contributed by atoms with Crippen LogP contribution in [-0.2, 0) is 21.4 Å². The van der Waals surface area contributed by atoms with Crippen molar-refractivity contribution in [3.8, 4) is 5.75 Å². The number of carbonyl (C=O) groups excluding carboxylic acids is 2. The molecule has 202 valence electrons. The number of ether oxygens (including phenoxy) is 1. The van der Waals surface area contributed by atoms with Gasteiger partial charge in [-0.3, -0.25) is 19.4 Å². The molecule has 0 atom stereocenters. The number of amides is 2. The Kier molecular flexibility index (Phi) is 6.55. The molecule has 4 aliphatic rings. The van der Waals surface area contributed by atoms with Crippen molar-refractivity contribution in [3.05, 3.63) is 47.2 Å². The monoisotopic (exact) mass is 526 g/mol. The molecular formula is C28H32F2N4O4.